The quantitative estimate of drug-likeness (QED) is 0.713. The third-order valence-electron chi connectivity index (χ3n) is 5.02. The molecule has 1 aromatic carbocycles. The van der Waals surface area contributed by atoms with Gasteiger partial charge in [-0.1, -0.05) is 30.2 Å². The van der Waals surface area contributed by atoms with E-state index in [0.717, 1.165) is 24.8 Å². The predicted molar refractivity (Wildman–Crippen MR) is 112 cm³/mol. The highest BCUT2D eigenvalue weighted by Crippen LogP contribution is 2.29. The Morgan fingerprint density at radius 3 is 2.61 bits per heavy atom. The summed E-state index contributed by atoms with van der Waals surface area (Å²) in [5, 5.41) is 1.75. The molecule has 2 aromatic rings. The van der Waals surface area contributed by atoms with E-state index in [4.69, 9.17) is 0 Å². The van der Waals surface area contributed by atoms with Gasteiger partial charge in [-0.05, 0) is 56.2 Å². The van der Waals surface area contributed by atoms with Crippen molar-refractivity contribution in [3.63, 3.8) is 0 Å². The van der Waals surface area contributed by atoms with Crippen LogP contribution >= 0.6 is 11.3 Å². The molecule has 0 aliphatic carbocycles. The molecule has 1 unspecified atom stereocenters. The van der Waals surface area contributed by atoms with Gasteiger partial charge < -0.3 is 0 Å². The van der Waals surface area contributed by atoms with Gasteiger partial charge in [0, 0.05) is 19.1 Å². The number of piperidine rings is 1. The van der Waals surface area contributed by atoms with Gasteiger partial charge in [0.05, 0.1) is 4.90 Å². The van der Waals surface area contributed by atoms with Gasteiger partial charge in [-0.3, -0.25) is 0 Å². The van der Waals surface area contributed by atoms with Crippen LogP contribution in [0.25, 0.3) is 0 Å². The molecule has 9 heteroatoms. The molecule has 1 N–H and O–H groups in total. The van der Waals surface area contributed by atoms with Crippen LogP contribution in [-0.4, -0.2) is 40.3 Å². The SMILES string of the molecule is Cc1ccc(S(=O)(=O)NCCC2CCCCN2S(=O)(=O)c2cccs2)c(C)c1. The molecule has 6 nitrogen and oxygen atoms in total. The summed E-state index contributed by atoms with van der Waals surface area (Å²) in [7, 11) is -7.14. The highest BCUT2D eigenvalue weighted by atomic mass is 32.2. The number of aryl methyl sites for hydroxylation is 2. The fraction of sp³-hybridized carbons (Fsp3) is 0.474. The summed E-state index contributed by atoms with van der Waals surface area (Å²) in [6.45, 7) is 4.38. The third kappa shape index (κ3) is 4.65. The summed E-state index contributed by atoms with van der Waals surface area (Å²) in [5.41, 5.74) is 1.71. The van der Waals surface area contributed by atoms with E-state index in [2.05, 4.69) is 4.72 Å². The molecule has 0 amide bonds. The Balaban J connectivity index is 1.69. The highest BCUT2D eigenvalue weighted by Gasteiger charge is 2.34. The van der Waals surface area contributed by atoms with E-state index >= 15 is 0 Å². The number of thiophene rings is 1. The molecular formula is C19H26N2O4S3. The van der Waals surface area contributed by atoms with Crippen LogP contribution in [0.3, 0.4) is 0 Å². The first-order valence-corrected chi connectivity index (χ1v) is 13.1. The van der Waals surface area contributed by atoms with Crippen LogP contribution in [0, 0.1) is 13.8 Å². The average molecular weight is 443 g/mol. The topological polar surface area (TPSA) is 83.6 Å². The normalized spacial score (nSPS) is 19.0. The van der Waals surface area contributed by atoms with Gasteiger partial charge in [-0.25, -0.2) is 21.6 Å². The van der Waals surface area contributed by atoms with Gasteiger partial charge in [0.25, 0.3) is 10.0 Å². The lowest BCUT2D eigenvalue weighted by Gasteiger charge is -2.34. The number of nitrogens with one attached hydrogen (secondary N) is 1. The van der Waals surface area contributed by atoms with E-state index in [1.54, 1.807) is 40.9 Å². The molecule has 1 aliphatic heterocycles. The second-order valence-corrected chi connectivity index (χ2v) is 12.0. The zero-order valence-electron chi connectivity index (χ0n) is 16.1. The van der Waals surface area contributed by atoms with E-state index in [0.29, 0.717) is 22.7 Å². The van der Waals surface area contributed by atoms with Crippen LogP contribution in [-0.2, 0) is 20.0 Å². The number of rotatable bonds is 7. The molecule has 2 heterocycles. The van der Waals surface area contributed by atoms with Crippen molar-refractivity contribution in [1.29, 1.82) is 0 Å². The van der Waals surface area contributed by atoms with Crippen molar-refractivity contribution < 1.29 is 16.8 Å². The first-order valence-electron chi connectivity index (χ1n) is 9.34. The molecule has 3 rings (SSSR count). The summed E-state index contributed by atoms with van der Waals surface area (Å²) >= 11 is 1.21. The van der Waals surface area contributed by atoms with Gasteiger partial charge in [0.2, 0.25) is 10.0 Å². The summed E-state index contributed by atoms with van der Waals surface area (Å²) in [5.74, 6) is 0. The van der Waals surface area contributed by atoms with Crippen molar-refractivity contribution >= 4 is 31.4 Å². The number of hydrogen-bond acceptors (Lipinski definition) is 5. The summed E-state index contributed by atoms with van der Waals surface area (Å²) in [6.07, 6.45) is 2.98. The Morgan fingerprint density at radius 2 is 1.93 bits per heavy atom. The highest BCUT2D eigenvalue weighted by molar-refractivity contribution is 7.91. The maximum atomic E-state index is 12.9. The Kier molecular flexibility index (Phi) is 6.61. The first kappa shape index (κ1) is 21.4. The van der Waals surface area contributed by atoms with Crippen LogP contribution in [0.1, 0.15) is 36.8 Å². The smallest absolute Gasteiger partial charge is 0.211 e. The number of nitrogens with zero attached hydrogens (tertiary/aromatic N) is 1. The van der Waals surface area contributed by atoms with Gasteiger partial charge in [-0.2, -0.15) is 4.31 Å². The van der Waals surface area contributed by atoms with Crippen LogP contribution < -0.4 is 4.72 Å². The lowest BCUT2D eigenvalue weighted by Crippen LogP contribution is -2.44. The van der Waals surface area contributed by atoms with Crippen LogP contribution in [0.5, 0.6) is 0 Å². The third-order valence-corrected chi connectivity index (χ3v) is 9.97. The molecule has 0 radical (unpaired) electrons. The minimum Gasteiger partial charge on any atom is -0.211 e. The molecule has 0 spiro atoms. The summed E-state index contributed by atoms with van der Waals surface area (Å²) in [6, 6.07) is 8.38. The van der Waals surface area contributed by atoms with E-state index < -0.39 is 20.0 Å². The molecular weight excluding hydrogens is 416 g/mol. The number of benzene rings is 1. The molecule has 1 aromatic heterocycles. The molecule has 28 heavy (non-hydrogen) atoms. The van der Waals surface area contributed by atoms with E-state index in [-0.39, 0.29) is 17.5 Å². The Hall–Kier alpha value is -1.26. The summed E-state index contributed by atoms with van der Waals surface area (Å²) < 4.78 is 55.6. The van der Waals surface area contributed by atoms with Crippen molar-refractivity contribution in [1.82, 2.24) is 9.03 Å². The second-order valence-electron chi connectivity index (χ2n) is 7.15. The molecule has 1 saturated heterocycles. The standard InChI is InChI=1S/C19H26N2O4S3/c1-15-8-9-18(16(2)14-15)27(22,23)20-11-10-17-6-3-4-12-21(17)28(24,25)19-7-5-13-26-19/h5,7-9,13-14,17,20H,3-4,6,10-12H2,1-2H3. The maximum absolute atomic E-state index is 12.9. The summed E-state index contributed by atoms with van der Waals surface area (Å²) in [4.78, 5) is 0.268. The van der Waals surface area contributed by atoms with E-state index in [1.165, 1.54) is 11.3 Å². The van der Waals surface area contributed by atoms with Crippen molar-refractivity contribution in [2.75, 3.05) is 13.1 Å². The zero-order chi connectivity index (χ0) is 20.4. The van der Waals surface area contributed by atoms with E-state index in [1.807, 2.05) is 13.0 Å². The van der Waals surface area contributed by atoms with Crippen molar-refractivity contribution in [3.05, 3.63) is 46.8 Å². The minimum atomic E-state index is -3.62. The van der Waals surface area contributed by atoms with Crippen molar-refractivity contribution in [2.24, 2.45) is 0 Å². The van der Waals surface area contributed by atoms with Gasteiger partial charge in [-0.15, -0.1) is 11.3 Å². The zero-order valence-corrected chi connectivity index (χ0v) is 18.5. The second kappa shape index (κ2) is 8.62. The van der Waals surface area contributed by atoms with E-state index in [9.17, 15) is 16.8 Å². The predicted octanol–water partition coefficient (Wildman–Crippen LogP) is 3.28. The van der Waals surface area contributed by atoms with Gasteiger partial charge in [0.1, 0.15) is 4.21 Å². The largest absolute Gasteiger partial charge is 0.252 e. The Morgan fingerprint density at radius 1 is 1.14 bits per heavy atom. The minimum absolute atomic E-state index is 0.192. The fourth-order valence-electron chi connectivity index (χ4n) is 3.64. The van der Waals surface area contributed by atoms with Crippen molar-refractivity contribution in [3.8, 4) is 0 Å². The monoisotopic (exact) mass is 442 g/mol. The van der Waals surface area contributed by atoms with Crippen LogP contribution in [0.2, 0.25) is 0 Å². The average Bonchev–Trinajstić information content (AvgIpc) is 3.17. The molecule has 0 saturated carbocycles. The molecule has 154 valence electrons. The number of sulfonamides is 2. The molecule has 1 fully saturated rings. The van der Waals surface area contributed by atoms with Crippen LogP contribution in [0.4, 0.5) is 0 Å². The lowest BCUT2D eigenvalue weighted by molar-refractivity contribution is 0.242. The lowest BCUT2D eigenvalue weighted by atomic mass is 10.0. The molecule has 1 atom stereocenters. The Labute approximate surface area is 171 Å². The first-order chi connectivity index (χ1) is 13.2. The van der Waals surface area contributed by atoms with Gasteiger partial charge >= 0.3 is 0 Å². The Bertz CT molecular complexity index is 1020. The maximum Gasteiger partial charge on any atom is 0.252 e. The fourth-order valence-corrected chi connectivity index (χ4v) is 7.76. The molecule has 1 aliphatic rings. The van der Waals surface area contributed by atoms with Crippen molar-refractivity contribution in [2.45, 2.75) is 54.7 Å². The van der Waals surface area contributed by atoms with Crippen LogP contribution in [0.15, 0.2) is 44.8 Å². The van der Waals surface area contributed by atoms with Gasteiger partial charge in [0.15, 0.2) is 0 Å². The molecule has 0 bridgehead atoms. The number of hydrogen-bond donors (Lipinski definition) is 1.